The molecule has 0 unspecified atom stereocenters. The molecule has 1 aromatic carbocycles. The van der Waals surface area contributed by atoms with E-state index in [2.05, 4.69) is 97.4 Å². The van der Waals surface area contributed by atoms with Crippen LogP contribution in [0.3, 0.4) is 0 Å². The van der Waals surface area contributed by atoms with E-state index in [9.17, 15) is 0 Å². The lowest BCUT2D eigenvalue weighted by molar-refractivity contribution is -2.00. The van der Waals surface area contributed by atoms with Crippen molar-refractivity contribution in [2.24, 2.45) is 0 Å². The van der Waals surface area contributed by atoms with Crippen LogP contribution in [0.25, 0.3) is 12.2 Å². The summed E-state index contributed by atoms with van der Waals surface area (Å²) in [6, 6.07) is 14.6. The standard InChI is InChI=1S/C19H23N2.ClHO4/c1-4-21-16-10-15-18(20(2)3)19(21)14-9-8-13-17-11-6-5-7-12-17;2-1(3,4)5/h5-16H,4H2,1-3H3;(H,2,3,4,5)/q+1;/p-1. The van der Waals surface area contributed by atoms with Gasteiger partial charge in [0.25, 0.3) is 0 Å². The van der Waals surface area contributed by atoms with Gasteiger partial charge in [-0.05, 0) is 18.6 Å². The highest BCUT2D eigenvalue weighted by atomic mass is 35.7. The van der Waals surface area contributed by atoms with Gasteiger partial charge in [-0.15, -0.1) is 10.2 Å². The van der Waals surface area contributed by atoms with Crippen LogP contribution < -0.4 is 28.1 Å². The lowest BCUT2D eigenvalue weighted by atomic mass is 10.2. The molecule has 0 atom stereocenters. The van der Waals surface area contributed by atoms with Gasteiger partial charge in [-0.3, -0.25) is 0 Å². The molecule has 1 aromatic heterocycles. The van der Waals surface area contributed by atoms with Crippen LogP contribution in [0, 0.1) is 10.2 Å². The lowest BCUT2D eigenvalue weighted by Gasteiger charge is -2.17. The number of allylic oxidation sites excluding steroid dienone is 2. The predicted octanol–water partition coefficient (Wildman–Crippen LogP) is -0.969. The maximum atomic E-state index is 8.49. The molecule has 0 aliphatic carbocycles. The molecule has 0 aliphatic heterocycles. The van der Waals surface area contributed by atoms with Gasteiger partial charge in [0.15, 0.2) is 6.20 Å². The monoisotopic (exact) mass is 378 g/mol. The van der Waals surface area contributed by atoms with Crippen molar-refractivity contribution in [3.8, 4) is 0 Å². The molecule has 7 heteroatoms. The van der Waals surface area contributed by atoms with Gasteiger partial charge in [-0.1, -0.05) is 48.6 Å². The largest absolute Gasteiger partial charge is 0.372 e. The van der Waals surface area contributed by atoms with Crippen LogP contribution in [0.2, 0.25) is 0 Å². The van der Waals surface area contributed by atoms with Crippen LogP contribution in [0.4, 0.5) is 5.69 Å². The minimum atomic E-state index is -4.94. The Labute approximate surface area is 156 Å². The van der Waals surface area contributed by atoms with Crippen molar-refractivity contribution < 1.29 is 33.4 Å². The molecule has 0 spiro atoms. The second-order valence-corrected chi connectivity index (χ2v) is 6.22. The molecule has 0 bridgehead atoms. The fourth-order valence-corrected chi connectivity index (χ4v) is 2.26. The molecule has 0 amide bonds. The molecule has 0 aliphatic rings. The number of hydrogen-bond donors (Lipinski definition) is 0. The average Bonchev–Trinajstić information content (AvgIpc) is 2.58. The first-order valence-corrected chi connectivity index (χ1v) is 9.17. The Balaban J connectivity index is 0.000000597. The van der Waals surface area contributed by atoms with Gasteiger partial charge in [0.1, 0.15) is 12.2 Å². The lowest BCUT2D eigenvalue weighted by Crippen LogP contribution is -2.68. The Morgan fingerprint density at radius 3 is 2.04 bits per heavy atom. The summed E-state index contributed by atoms with van der Waals surface area (Å²) in [5, 5.41) is 0. The molecular formula is C19H23ClN2O4. The quantitative estimate of drug-likeness (QED) is 0.492. The molecule has 1 heterocycles. The van der Waals surface area contributed by atoms with Crippen molar-refractivity contribution in [3.05, 3.63) is 72.1 Å². The Bertz CT molecular complexity index is 720. The highest BCUT2D eigenvalue weighted by Gasteiger charge is 2.12. The molecule has 0 fully saturated rings. The molecule has 0 saturated heterocycles. The van der Waals surface area contributed by atoms with Gasteiger partial charge < -0.3 is 4.90 Å². The number of pyridine rings is 1. The van der Waals surface area contributed by atoms with E-state index in [0.29, 0.717) is 0 Å². The molecule has 140 valence electrons. The van der Waals surface area contributed by atoms with Crippen LogP contribution in [0.15, 0.2) is 60.8 Å². The van der Waals surface area contributed by atoms with Crippen molar-refractivity contribution in [2.45, 2.75) is 13.5 Å². The van der Waals surface area contributed by atoms with Gasteiger partial charge in [0, 0.05) is 26.2 Å². The molecule has 0 radical (unpaired) electrons. The summed E-state index contributed by atoms with van der Waals surface area (Å²) in [6.45, 7) is 3.13. The highest BCUT2D eigenvalue weighted by Crippen LogP contribution is 2.15. The first-order valence-electron chi connectivity index (χ1n) is 7.93. The first-order chi connectivity index (χ1) is 12.2. The summed E-state index contributed by atoms with van der Waals surface area (Å²) in [5.41, 5.74) is 3.66. The zero-order valence-corrected chi connectivity index (χ0v) is 15.8. The summed E-state index contributed by atoms with van der Waals surface area (Å²) in [7, 11) is -0.793. The number of anilines is 1. The normalized spacial score (nSPS) is 11.5. The Morgan fingerprint density at radius 1 is 0.923 bits per heavy atom. The topological polar surface area (TPSA) is 99.4 Å². The van der Waals surface area contributed by atoms with Crippen molar-refractivity contribution >= 4 is 17.8 Å². The fraction of sp³-hybridized carbons (Fsp3) is 0.211. The zero-order chi connectivity index (χ0) is 19.6. The van der Waals surface area contributed by atoms with Crippen molar-refractivity contribution in [3.63, 3.8) is 0 Å². The number of hydrogen-bond acceptors (Lipinski definition) is 5. The third kappa shape index (κ3) is 8.75. The maximum absolute atomic E-state index is 8.49. The van der Waals surface area contributed by atoms with Gasteiger partial charge in [-0.2, -0.15) is 4.57 Å². The van der Waals surface area contributed by atoms with E-state index in [4.69, 9.17) is 18.6 Å². The molecule has 26 heavy (non-hydrogen) atoms. The van der Waals surface area contributed by atoms with Crippen LogP contribution in [0.1, 0.15) is 18.2 Å². The van der Waals surface area contributed by atoms with Gasteiger partial charge in [-0.25, -0.2) is 18.6 Å². The van der Waals surface area contributed by atoms with Crippen molar-refractivity contribution in [1.82, 2.24) is 0 Å². The van der Waals surface area contributed by atoms with E-state index >= 15 is 0 Å². The smallest absolute Gasteiger partial charge is 0.228 e. The van der Waals surface area contributed by atoms with E-state index in [0.717, 1.165) is 6.54 Å². The maximum Gasteiger partial charge on any atom is 0.228 e. The molecule has 2 rings (SSSR count). The SMILES string of the molecule is CC[n+]1cccc(N(C)C)c1C=CC=Cc1ccccc1.[O-][Cl+3]([O-])([O-])[O-]. The van der Waals surface area contributed by atoms with E-state index in [1.54, 1.807) is 0 Å². The van der Waals surface area contributed by atoms with E-state index in [1.807, 2.05) is 6.07 Å². The molecule has 6 nitrogen and oxygen atoms in total. The Morgan fingerprint density at radius 2 is 1.50 bits per heavy atom. The number of benzene rings is 1. The van der Waals surface area contributed by atoms with Gasteiger partial charge in [0.05, 0.1) is 0 Å². The number of aromatic nitrogens is 1. The third-order valence-corrected chi connectivity index (χ3v) is 3.37. The first kappa shape index (κ1) is 21.8. The minimum absolute atomic E-state index is 0.962. The summed E-state index contributed by atoms with van der Waals surface area (Å²) in [4.78, 5) is 2.15. The summed E-state index contributed by atoms with van der Waals surface area (Å²) < 4.78 is 36.2. The van der Waals surface area contributed by atoms with E-state index in [1.165, 1.54) is 16.9 Å². The van der Waals surface area contributed by atoms with Crippen molar-refractivity contribution in [2.75, 3.05) is 19.0 Å². The summed E-state index contributed by atoms with van der Waals surface area (Å²) in [6.07, 6.45) is 10.6. The van der Waals surface area contributed by atoms with Gasteiger partial charge >= 0.3 is 0 Å². The third-order valence-electron chi connectivity index (χ3n) is 3.37. The number of nitrogens with zero attached hydrogens (tertiary/aromatic N) is 2. The molecule has 0 N–H and O–H groups in total. The highest BCUT2D eigenvalue weighted by molar-refractivity contribution is 5.63. The fourth-order valence-electron chi connectivity index (χ4n) is 2.26. The predicted molar refractivity (Wildman–Crippen MR) is 91.1 cm³/mol. The minimum Gasteiger partial charge on any atom is -0.372 e. The second kappa shape index (κ2) is 10.7. The zero-order valence-electron chi connectivity index (χ0n) is 15.0. The Kier molecular flexibility index (Phi) is 8.98. The average molecular weight is 379 g/mol. The van der Waals surface area contributed by atoms with E-state index in [-0.39, 0.29) is 0 Å². The van der Waals surface area contributed by atoms with Crippen LogP contribution in [-0.4, -0.2) is 14.1 Å². The summed E-state index contributed by atoms with van der Waals surface area (Å²) in [5.74, 6) is 0. The van der Waals surface area contributed by atoms with Crippen LogP contribution >= 0.6 is 0 Å². The van der Waals surface area contributed by atoms with E-state index < -0.39 is 10.2 Å². The Hall–Kier alpha value is -2.22. The molecule has 2 aromatic rings. The second-order valence-electron chi connectivity index (χ2n) is 5.47. The van der Waals surface area contributed by atoms with Gasteiger partial charge in [0.2, 0.25) is 5.69 Å². The van der Waals surface area contributed by atoms with Crippen LogP contribution in [-0.2, 0) is 6.54 Å². The molecular weight excluding hydrogens is 356 g/mol. The summed E-state index contributed by atoms with van der Waals surface area (Å²) >= 11 is 0. The van der Waals surface area contributed by atoms with Crippen LogP contribution in [0.5, 0.6) is 0 Å². The number of aryl methyl sites for hydroxylation is 1. The number of halogens is 1. The number of rotatable bonds is 5. The van der Waals surface area contributed by atoms with Crippen molar-refractivity contribution in [1.29, 1.82) is 0 Å². The molecule has 0 saturated carbocycles.